The number of aliphatic imine (C=N–C) groups is 2. The fraction of sp³-hybridized carbons (Fsp3) is 0.481. The lowest BCUT2D eigenvalue weighted by Gasteiger charge is -2.38. The Balaban J connectivity index is 1.41. The Bertz CT molecular complexity index is 1040. The van der Waals surface area contributed by atoms with Gasteiger partial charge in [0.15, 0.2) is 6.23 Å². The van der Waals surface area contributed by atoms with Gasteiger partial charge in [-0.25, -0.2) is 9.98 Å². The minimum absolute atomic E-state index is 0.146. The molecule has 6 aliphatic rings. The molecule has 5 heteroatoms. The van der Waals surface area contributed by atoms with E-state index < -0.39 is 6.10 Å². The van der Waals surface area contributed by atoms with Gasteiger partial charge in [-0.05, 0) is 48.8 Å². The molecule has 0 aromatic carbocycles. The van der Waals surface area contributed by atoms with Gasteiger partial charge in [-0.3, -0.25) is 0 Å². The number of aliphatic hydroxyl groups excluding tert-OH is 1. The fourth-order valence-electron chi connectivity index (χ4n) is 6.05. The lowest BCUT2D eigenvalue weighted by molar-refractivity contribution is 0.111. The van der Waals surface area contributed by atoms with Crippen molar-refractivity contribution >= 4 is 23.3 Å². The Labute approximate surface area is 194 Å². The van der Waals surface area contributed by atoms with Gasteiger partial charge in [0.25, 0.3) is 0 Å². The molecule has 2 aliphatic heterocycles. The van der Waals surface area contributed by atoms with Gasteiger partial charge >= 0.3 is 0 Å². The largest absolute Gasteiger partial charge is 0.392 e. The van der Waals surface area contributed by atoms with Crippen LogP contribution in [0.15, 0.2) is 80.7 Å². The first-order valence-corrected chi connectivity index (χ1v) is 12.8. The summed E-state index contributed by atoms with van der Waals surface area (Å²) in [5.74, 6) is 2.00. The molecule has 2 heterocycles. The van der Waals surface area contributed by atoms with Crippen LogP contribution >= 0.6 is 11.8 Å². The van der Waals surface area contributed by atoms with Crippen molar-refractivity contribution in [2.75, 3.05) is 7.11 Å². The van der Waals surface area contributed by atoms with Crippen LogP contribution in [0.3, 0.4) is 0 Å². The van der Waals surface area contributed by atoms with Crippen molar-refractivity contribution in [2.45, 2.75) is 49.7 Å². The van der Waals surface area contributed by atoms with Gasteiger partial charge in [0, 0.05) is 35.5 Å². The molecule has 1 N–H and O–H groups in total. The first-order chi connectivity index (χ1) is 15.7. The van der Waals surface area contributed by atoms with E-state index in [4.69, 9.17) is 14.7 Å². The molecule has 0 amide bonds. The normalized spacial score (nSPS) is 39.8. The zero-order valence-corrected chi connectivity index (χ0v) is 19.2. The van der Waals surface area contributed by atoms with Crippen molar-refractivity contribution in [1.29, 1.82) is 0 Å². The van der Waals surface area contributed by atoms with Crippen molar-refractivity contribution in [3.63, 3.8) is 0 Å². The predicted molar refractivity (Wildman–Crippen MR) is 132 cm³/mol. The third kappa shape index (κ3) is 3.46. The third-order valence-electron chi connectivity index (χ3n) is 7.64. The zero-order chi connectivity index (χ0) is 21.7. The van der Waals surface area contributed by atoms with Gasteiger partial charge in [0.2, 0.25) is 0 Å². The van der Waals surface area contributed by atoms with Crippen molar-refractivity contribution in [3.05, 3.63) is 70.7 Å². The molecule has 166 valence electrons. The van der Waals surface area contributed by atoms with Crippen LogP contribution in [-0.2, 0) is 4.74 Å². The highest BCUT2D eigenvalue weighted by Gasteiger charge is 2.44. The highest BCUT2D eigenvalue weighted by molar-refractivity contribution is 8.04. The van der Waals surface area contributed by atoms with E-state index >= 15 is 0 Å². The SMILES string of the molecule is COC1CC(C2=CC3=C(C4C=CC=CC4S3)C3CCC=CC23)=NC(C2C=CCCC2O)=N1. The number of allylic oxidation sites excluding steroid dienone is 9. The standard InChI is InChI=1S/C27H30N2O2S/c1-31-25-15-21(28-27(29-25)18-10-4-6-12-22(18)30)20-14-24-26(17-9-3-2-8-16(17)20)19-11-5-7-13-23(19)32-24/h2,4-5,7-8,10-11,13-14,16-19,22-23,25,30H,3,6,9,12,15H2,1H3. The number of methoxy groups -OCH3 is 1. The minimum atomic E-state index is -0.427. The number of ether oxygens (including phenoxy) is 1. The molecule has 7 unspecified atom stereocenters. The smallest absolute Gasteiger partial charge is 0.155 e. The lowest BCUT2D eigenvalue weighted by Crippen LogP contribution is -2.35. The molecule has 4 nitrogen and oxygen atoms in total. The monoisotopic (exact) mass is 446 g/mol. The Hall–Kier alpha value is -1.95. The molecule has 32 heavy (non-hydrogen) atoms. The molecule has 0 spiro atoms. The Kier molecular flexibility index (Phi) is 5.44. The Morgan fingerprint density at radius 2 is 1.81 bits per heavy atom. The summed E-state index contributed by atoms with van der Waals surface area (Å²) in [7, 11) is 1.72. The van der Waals surface area contributed by atoms with E-state index in [-0.39, 0.29) is 12.1 Å². The van der Waals surface area contributed by atoms with Gasteiger partial charge in [-0.1, -0.05) is 48.6 Å². The summed E-state index contributed by atoms with van der Waals surface area (Å²) in [6.07, 6.45) is 24.6. The Morgan fingerprint density at radius 3 is 2.66 bits per heavy atom. The van der Waals surface area contributed by atoms with Crippen LogP contribution in [0, 0.1) is 23.7 Å². The van der Waals surface area contributed by atoms with Gasteiger partial charge in [0.1, 0.15) is 5.84 Å². The van der Waals surface area contributed by atoms with E-state index in [0.29, 0.717) is 29.4 Å². The molecule has 7 atom stereocenters. The van der Waals surface area contributed by atoms with Crippen LogP contribution in [0.25, 0.3) is 0 Å². The molecule has 0 aromatic heterocycles. The summed E-state index contributed by atoms with van der Waals surface area (Å²) in [5.41, 5.74) is 4.05. The van der Waals surface area contributed by atoms with E-state index in [2.05, 4.69) is 54.7 Å². The molecular formula is C27H30N2O2S. The average Bonchev–Trinajstić information content (AvgIpc) is 3.22. The maximum atomic E-state index is 10.6. The Morgan fingerprint density at radius 1 is 1.00 bits per heavy atom. The number of aliphatic hydroxyl groups is 1. The molecule has 0 radical (unpaired) electrons. The predicted octanol–water partition coefficient (Wildman–Crippen LogP) is 5.16. The number of hydrogen-bond acceptors (Lipinski definition) is 5. The van der Waals surface area contributed by atoms with E-state index in [0.717, 1.165) is 30.8 Å². The summed E-state index contributed by atoms with van der Waals surface area (Å²) in [5, 5.41) is 11.1. The van der Waals surface area contributed by atoms with Gasteiger partial charge in [-0.15, -0.1) is 11.8 Å². The zero-order valence-electron chi connectivity index (χ0n) is 18.4. The maximum Gasteiger partial charge on any atom is 0.155 e. The van der Waals surface area contributed by atoms with Crippen molar-refractivity contribution in [1.82, 2.24) is 0 Å². The number of nitrogens with zero attached hydrogens (tertiary/aromatic N) is 2. The number of thioether (sulfide) groups is 1. The van der Waals surface area contributed by atoms with Crippen LogP contribution in [0.1, 0.15) is 32.1 Å². The number of rotatable bonds is 3. The van der Waals surface area contributed by atoms with Crippen LogP contribution < -0.4 is 0 Å². The third-order valence-corrected chi connectivity index (χ3v) is 8.97. The second-order valence-corrected chi connectivity index (χ2v) is 10.7. The molecule has 0 saturated carbocycles. The number of fused-ring (bicyclic) bond motifs is 4. The lowest BCUT2D eigenvalue weighted by atomic mass is 9.67. The topological polar surface area (TPSA) is 54.2 Å². The van der Waals surface area contributed by atoms with Crippen LogP contribution in [0.4, 0.5) is 0 Å². The second-order valence-electron chi connectivity index (χ2n) is 9.47. The van der Waals surface area contributed by atoms with Gasteiger partial charge in [-0.2, -0.15) is 0 Å². The molecule has 0 bridgehead atoms. The van der Waals surface area contributed by atoms with Crippen LogP contribution in [0.2, 0.25) is 0 Å². The highest BCUT2D eigenvalue weighted by Crippen LogP contribution is 2.55. The summed E-state index contributed by atoms with van der Waals surface area (Å²) in [6.45, 7) is 0. The molecule has 0 aromatic rings. The average molecular weight is 447 g/mol. The van der Waals surface area contributed by atoms with Crippen LogP contribution in [0.5, 0.6) is 0 Å². The quantitative estimate of drug-likeness (QED) is 0.609. The van der Waals surface area contributed by atoms with Crippen molar-refractivity contribution < 1.29 is 9.84 Å². The summed E-state index contributed by atoms with van der Waals surface area (Å²) >= 11 is 2.01. The minimum Gasteiger partial charge on any atom is -0.392 e. The summed E-state index contributed by atoms with van der Waals surface area (Å²) in [4.78, 5) is 11.3. The second kappa shape index (κ2) is 8.44. The first kappa shape index (κ1) is 20.6. The van der Waals surface area contributed by atoms with Gasteiger partial charge < -0.3 is 9.84 Å². The number of hydrogen-bond donors (Lipinski definition) is 1. The van der Waals surface area contributed by atoms with E-state index in [9.17, 15) is 5.11 Å². The van der Waals surface area contributed by atoms with Crippen molar-refractivity contribution in [3.8, 4) is 0 Å². The molecule has 0 fully saturated rings. The van der Waals surface area contributed by atoms with Crippen LogP contribution in [-0.4, -0.2) is 41.3 Å². The molecule has 0 saturated heterocycles. The molecule has 4 aliphatic carbocycles. The number of amidine groups is 1. The summed E-state index contributed by atoms with van der Waals surface area (Å²) in [6, 6.07) is 0. The van der Waals surface area contributed by atoms with Crippen molar-refractivity contribution in [2.24, 2.45) is 33.7 Å². The first-order valence-electron chi connectivity index (χ1n) is 11.9. The molecule has 6 rings (SSSR count). The maximum absolute atomic E-state index is 10.6. The fourth-order valence-corrected chi connectivity index (χ4v) is 7.51. The summed E-state index contributed by atoms with van der Waals surface area (Å²) < 4.78 is 5.71. The highest BCUT2D eigenvalue weighted by atomic mass is 32.2. The van der Waals surface area contributed by atoms with Gasteiger partial charge in [0.05, 0.1) is 17.7 Å². The van der Waals surface area contributed by atoms with E-state index in [1.807, 2.05) is 11.8 Å². The van der Waals surface area contributed by atoms with E-state index in [1.54, 1.807) is 12.7 Å². The molecular weight excluding hydrogens is 416 g/mol. The van der Waals surface area contributed by atoms with E-state index in [1.165, 1.54) is 16.9 Å².